The molecule has 4 heteroatoms. The van der Waals surface area contributed by atoms with E-state index < -0.39 is 0 Å². The molecule has 0 saturated carbocycles. The number of halogens is 3. The third kappa shape index (κ3) is 2.86. The van der Waals surface area contributed by atoms with Crippen molar-refractivity contribution in [3.05, 3.63) is 62.6 Å². The summed E-state index contributed by atoms with van der Waals surface area (Å²) >= 11 is 18.0. The van der Waals surface area contributed by atoms with Crippen LogP contribution in [0.5, 0.6) is 5.75 Å². The van der Waals surface area contributed by atoms with Gasteiger partial charge in [-0.3, -0.25) is 0 Å². The molecule has 88 valence electrons. The zero-order valence-electron chi connectivity index (χ0n) is 8.75. The van der Waals surface area contributed by atoms with Gasteiger partial charge < -0.3 is 5.11 Å². The Morgan fingerprint density at radius 1 is 0.941 bits per heavy atom. The fraction of sp³-hybridized carbons (Fsp3) is 0.0769. The van der Waals surface area contributed by atoms with Gasteiger partial charge >= 0.3 is 0 Å². The second-order valence-electron chi connectivity index (χ2n) is 3.65. The molecule has 0 fully saturated rings. The summed E-state index contributed by atoms with van der Waals surface area (Å²) in [5.41, 5.74) is 1.49. The van der Waals surface area contributed by atoms with Crippen LogP contribution in [0, 0.1) is 0 Å². The maximum Gasteiger partial charge on any atom is 0.119 e. The largest absolute Gasteiger partial charge is 0.508 e. The Morgan fingerprint density at radius 3 is 2.24 bits per heavy atom. The molecule has 0 aromatic heterocycles. The van der Waals surface area contributed by atoms with E-state index in [2.05, 4.69) is 0 Å². The molecule has 0 amide bonds. The standard InChI is InChI=1S/C13H9Cl3O/c14-9-4-5-13(17)8(6-9)7-10-11(15)2-1-3-12(10)16/h1-6,17H,7H2. The fourth-order valence-corrected chi connectivity index (χ4v) is 2.31. The average molecular weight is 288 g/mol. The number of hydrogen-bond acceptors (Lipinski definition) is 1. The summed E-state index contributed by atoms with van der Waals surface area (Å²) in [6, 6.07) is 10.2. The normalized spacial score (nSPS) is 10.5. The summed E-state index contributed by atoms with van der Waals surface area (Å²) < 4.78 is 0. The number of aromatic hydroxyl groups is 1. The zero-order chi connectivity index (χ0) is 12.4. The molecule has 0 heterocycles. The minimum Gasteiger partial charge on any atom is -0.508 e. The predicted octanol–water partition coefficient (Wildman–Crippen LogP) is 4.94. The van der Waals surface area contributed by atoms with E-state index in [0.29, 0.717) is 27.1 Å². The van der Waals surface area contributed by atoms with Crippen molar-refractivity contribution in [1.82, 2.24) is 0 Å². The van der Waals surface area contributed by atoms with Crippen molar-refractivity contribution in [3.63, 3.8) is 0 Å². The Labute approximate surface area is 115 Å². The van der Waals surface area contributed by atoms with E-state index in [1.807, 2.05) is 0 Å². The molecule has 17 heavy (non-hydrogen) atoms. The van der Waals surface area contributed by atoms with Crippen molar-refractivity contribution in [2.75, 3.05) is 0 Å². The van der Waals surface area contributed by atoms with E-state index in [4.69, 9.17) is 34.8 Å². The van der Waals surface area contributed by atoms with Crippen LogP contribution in [0.4, 0.5) is 0 Å². The molecule has 0 atom stereocenters. The SMILES string of the molecule is Oc1ccc(Cl)cc1Cc1c(Cl)cccc1Cl. The first-order chi connectivity index (χ1) is 8.08. The molecule has 2 aromatic carbocycles. The van der Waals surface area contributed by atoms with Gasteiger partial charge in [0, 0.05) is 21.5 Å². The Hall–Kier alpha value is -0.890. The smallest absolute Gasteiger partial charge is 0.119 e. The molecular formula is C13H9Cl3O. The van der Waals surface area contributed by atoms with Crippen molar-refractivity contribution in [1.29, 1.82) is 0 Å². The molecule has 0 spiro atoms. The van der Waals surface area contributed by atoms with Gasteiger partial charge in [0.05, 0.1) is 0 Å². The molecular weight excluding hydrogens is 279 g/mol. The summed E-state index contributed by atoms with van der Waals surface area (Å²) in [4.78, 5) is 0. The van der Waals surface area contributed by atoms with Crippen molar-refractivity contribution in [2.24, 2.45) is 0 Å². The van der Waals surface area contributed by atoms with Crippen LogP contribution in [0.3, 0.4) is 0 Å². The van der Waals surface area contributed by atoms with E-state index in [1.165, 1.54) is 0 Å². The molecule has 0 aliphatic rings. The number of hydrogen-bond donors (Lipinski definition) is 1. The molecule has 2 aromatic rings. The van der Waals surface area contributed by atoms with Gasteiger partial charge in [-0.1, -0.05) is 40.9 Å². The molecule has 0 unspecified atom stereocenters. The van der Waals surface area contributed by atoms with E-state index >= 15 is 0 Å². The molecule has 1 nitrogen and oxygen atoms in total. The molecule has 2 rings (SSSR count). The van der Waals surface area contributed by atoms with E-state index in [1.54, 1.807) is 36.4 Å². The van der Waals surface area contributed by atoms with Crippen molar-refractivity contribution < 1.29 is 5.11 Å². The summed E-state index contributed by atoms with van der Waals surface area (Å²) in [7, 11) is 0. The first-order valence-corrected chi connectivity index (χ1v) is 6.11. The first kappa shape index (κ1) is 12.6. The number of phenols is 1. The van der Waals surface area contributed by atoms with Gasteiger partial charge in [0.1, 0.15) is 5.75 Å². The van der Waals surface area contributed by atoms with Crippen LogP contribution in [-0.2, 0) is 6.42 Å². The van der Waals surface area contributed by atoms with Gasteiger partial charge in [0.25, 0.3) is 0 Å². The van der Waals surface area contributed by atoms with Gasteiger partial charge in [0.15, 0.2) is 0 Å². The van der Waals surface area contributed by atoms with E-state index in [0.717, 1.165) is 5.56 Å². The number of rotatable bonds is 2. The van der Waals surface area contributed by atoms with E-state index in [9.17, 15) is 5.11 Å². The second kappa shape index (κ2) is 5.18. The lowest BCUT2D eigenvalue weighted by atomic mass is 10.0. The van der Waals surface area contributed by atoms with Crippen LogP contribution in [0.25, 0.3) is 0 Å². The van der Waals surface area contributed by atoms with Crippen LogP contribution < -0.4 is 0 Å². The van der Waals surface area contributed by atoms with Crippen molar-refractivity contribution in [3.8, 4) is 5.75 Å². The van der Waals surface area contributed by atoms with Crippen LogP contribution in [0.15, 0.2) is 36.4 Å². The highest BCUT2D eigenvalue weighted by Gasteiger charge is 2.09. The fourth-order valence-electron chi connectivity index (χ4n) is 1.59. The van der Waals surface area contributed by atoms with Crippen LogP contribution in [0.2, 0.25) is 15.1 Å². The highest BCUT2D eigenvalue weighted by molar-refractivity contribution is 6.36. The van der Waals surface area contributed by atoms with Gasteiger partial charge in [-0.15, -0.1) is 0 Å². The van der Waals surface area contributed by atoms with E-state index in [-0.39, 0.29) is 5.75 Å². The highest BCUT2D eigenvalue weighted by Crippen LogP contribution is 2.30. The summed E-state index contributed by atoms with van der Waals surface area (Å²) in [6.07, 6.45) is 0.449. The Balaban J connectivity index is 2.41. The monoisotopic (exact) mass is 286 g/mol. The number of phenolic OH excluding ortho intramolecular Hbond substituents is 1. The first-order valence-electron chi connectivity index (χ1n) is 4.98. The Morgan fingerprint density at radius 2 is 1.59 bits per heavy atom. The maximum absolute atomic E-state index is 9.73. The van der Waals surface area contributed by atoms with Gasteiger partial charge in [-0.2, -0.15) is 0 Å². The van der Waals surface area contributed by atoms with Gasteiger partial charge in [-0.05, 0) is 41.5 Å². The molecule has 0 bridgehead atoms. The average Bonchev–Trinajstić information content (AvgIpc) is 2.28. The lowest BCUT2D eigenvalue weighted by Crippen LogP contribution is -1.91. The number of benzene rings is 2. The lowest BCUT2D eigenvalue weighted by molar-refractivity contribution is 0.469. The van der Waals surface area contributed by atoms with Gasteiger partial charge in [-0.25, -0.2) is 0 Å². The van der Waals surface area contributed by atoms with Crippen LogP contribution in [0.1, 0.15) is 11.1 Å². The molecule has 1 N–H and O–H groups in total. The third-order valence-corrected chi connectivity index (χ3v) is 3.41. The second-order valence-corrected chi connectivity index (χ2v) is 4.90. The van der Waals surface area contributed by atoms with Crippen LogP contribution >= 0.6 is 34.8 Å². The quantitative estimate of drug-likeness (QED) is 0.829. The minimum absolute atomic E-state index is 0.186. The molecule has 0 radical (unpaired) electrons. The molecule has 0 aliphatic heterocycles. The zero-order valence-corrected chi connectivity index (χ0v) is 11.0. The topological polar surface area (TPSA) is 20.2 Å². The predicted molar refractivity (Wildman–Crippen MR) is 72.4 cm³/mol. The summed E-state index contributed by atoms with van der Waals surface area (Å²) in [6.45, 7) is 0. The third-order valence-electron chi connectivity index (χ3n) is 2.47. The summed E-state index contributed by atoms with van der Waals surface area (Å²) in [5, 5.41) is 11.5. The highest BCUT2D eigenvalue weighted by atomic mass is 35.5. The molecule has 0 aliphatic carbocycles. The lowest BCUT2D eigenvalue weighted by Gasteiger charge is -2.09. The van der Waals surface area contributed by atoms with Crippen molar-refractivity contribution in [2.45, 2.75) is 6.42 Å². The van der Waals surface area contributed by atoms with Crippen LogP contribution in [-0.4, -0.2) is 5.11 Å². The Bertz CT molecular complexity index is 532. The molecule has 0 saturated heterocycles. The Kier molecular flexibility index (Phi) is 3.82. The minimum atomic E-state index is 0.186. The van der Waals surface area contributed by atoms with Crippen molar-refractivity contribution >= 4 is 34.8 Å². The maximum atomic E-state index is 9.73. The summed E-state index contributed by atoms with van der Waals surface area (Å²) in [5.74, 6) is 0.186. The van der Waals surface area contributed by atoms with Gasteiger partial charge in [0.2, 0.25) is 0 Å².